The van der Waals surface area contributed by atoms with E-state index in [1.54, 1.807) is 6.20 Å². The highest BCUT2D eigenvalue weighted by molar-refractivity contribution is 5.87. The molecule has 2 heterocycles. The van der Waals surface area contributed by atoms with Gasteiger partial charge >= 0.3 is 5.97 Å². The first-order valence-corrected chi connectivity index (χ1v) is 5.95. The average molecular weight is 251 g/mol. The minimum atomic E-state index is -0.627. The molecule has 6 nitrogen and oxygen atoms in total. The van der Waals surface area contributed by atoms with E-state index in [9.17, 15) is 9.90 Å². The number of carbonyl (C=O) groups excluding carboxylic acids is 1. The summed E-state index contributed by atoms with van der Waals surface area (Å²) in [7, 11) is 1.31. The molecule has 1 aromatic rings. The third-order valence-corrected chi connectivity index (χ3v) is 3.03. The Hall–Kier alpha value is -1.69. The number of rotatable bonds is 4. The molecule has 0 unspecified atom stereocenters. The molecule has 0 radical (unpaired) electrons. The number of esters is 1. The third-order valence-electron chi connectivity index (χ3n) is 3.03. The van der Waals surface area contributed by atoms with Crippen LogP contribution in [0.15, 0.2) is 12.4 Å². The Morgan fingerprint density at radius 1 is 1.56 bits per heavy atom. The minimum absolute atomic E-state index is 0.181. The first kappa shape index (κ1) is 12.8. The van der Waals surface area contributed by atoms with Gasteiger partial charge in [-0.25, -0.2) is 9.78 Å². The number of aromatic nitrogens is 2. The lowest BCUT2D eigenvalue weighted by Gasteiger charge is -2.47. The topological polar surface area (TPSA) is 75.5 Å². The zero-order valence-electron chi connectivity index (χ0n) is 10.6. The van der Waals surface area contributed by atoms with E-state index in [0.29, 0.717) is 18.9 Å². The summed E-state index contributed by atoms with van der Waals surface area (Å²) in [6.45, 7) is 3.10. The lowest BCUT2D eigenvalue weighted by molar-refractivity contribution is 0.00289. The Bertz CT molecular complexity index is 444. The van der Waals surface area contributed by atoms with Crippen LogP contribution in [0, 0.1) is 0 Å². The predicted molar refractivity (Wildman–Crippen MR) is 65.4 cm³/mol. The quantitative estimate of drug-likeness (QED) is 0.790. The van der Waals surface area contributed by atoms with Gasteiger partial charge in [0.05, 0.1) is 38.2 Å². The first-order chi connectivity index (χ1) is 8.58. The van der Waals surface area contributed by atoms with Crippen LogP contribution in [-0.4, -0.2) is 46.8 Å². The second kappa shape index (κ2) is 4.89. The van der Waals surface area contributed by atoms with E-state index in [1.807, 2.05) is 11.8 Å². The number of methoxy groups -OCH3 is 1. The van der Waals surface area contributed by atoms with Crippen LogP contribution in [0.4, 0.5) is 5.82 Å². The van der Waals surface area contributed by atoms with Crippen molar-refractivity contribution < 1.29 is 14.6 Å². The molecular formula is C12H17N3O3. The van der Waals surface area contributed by atoms with E-state index in [4.69, 9.17) is 0 Å². The van der Waals surface area contributed by atoms with Crippen LogP contribution in [0.25, 0.3) is 0 Å². The highest BCUT2D eigenvalue weighted by Crippen LogP contribution is 2.29. The van der Waals surface area contributed by atoms with Crippen molar-refractivity contribution in [3.63, 3.8) is 0 Å². The number of hydrogen-bond acceptors (Lipinski definition) is 6. The number of anilines is 1. The lowest BCUT2D eigenvalue weighted by atomic mass is 9.89. The van der Waals surface area contributed by atoms with Crippen LogP contribution >= 0.6 is 0 Å². The third kappa shape index (κ3) is 2.43. The summed E-state index contributed by atoms with van der Waals surface area (Å²) in [6.07, 6.45) is 4.66. The first-order valence-electron chi connectivity index (χ1n) is 5.95. The van der Waals surface area contributed by atoms with Gasteiger partial charge in [-0.3, -0.25) is 4.98 Å². The molecule has 2 rings (SSSR count). The molecule has 1 fully saturated rings. The number of aliphatic hydroxyl groups is 1. The van der Waals surface area contributed by atoms with Crippen LogP contribution in [-0.2, 0) is 4.74 Å². The Balaban J connectivity index is 2.06. The molecule has 1 aliphatic heterocycles. The zero-order valence-corrected chi connectivity index (χ0v) is 10.6. The van der Waals surface area contributed by atoms with Gasteiger partial charge in [-0.05, 0) is 6.42 Å². The van der Waals surface area contributed by atoms with E-state index >= 15 is 0 Å². The summed E-state index contributed by atoms with van der Waals surface area (Å²) >= 11 is 0. The van der Waals surface area contributed by atoms with Crippen molar-refractivity contribution in [1.82, 2.24) is 9.97 Å². The molecule has 1 N–H and O–H groups in total. The van der Waals surface area contributed by atoms with Gasteiger partial charge < -0.3 is 14.7 Å². The molecule has 0 amide bonds. The normalized spacial score (nSPS) is 17.2. The fraction of sp³-hybridized carbons (Fsp3) is 0.583. The molecule has 6 heteroatoms. The Morgan fingerprint density at radius 3 is 2.89 bits per heavy atom. The number of ether oxygens (including phenoxy) is 1. The van der Waals surface area contributed by atoms with Gasteiger partial charge in [0.25, 0.3) is 0 Å². The maximum atomic E-state index is 11.3. The fourth-order valence-electron chi connectivity index (χ4n) is 2.16. The highest BCUT2D eigenvalue weighted by Gasteiger charge is 2.41. The number of carbonyl (C=O) groups is 1. The SMILES string of the molecule is CCCC1(O)CN(c2cncc(C(=O)OC)n2)C1. The van der Waals surface area contributed by atoms with Crippen LogP contribution in [0.2, 0.25) is 0 Å². The van der Waals surface area contributed by atoms with Gasteiger partial charge in [0.2, 0.25) is 0 Å². The van der Waals surface area contributed by atoms with Gasteiger partial charge in [-0.1, -0.05) is 13.3 Å². The minimum Gasteiger partial charge on any atom is -0.464 e. The van der Waals surface area contributed by atoms with Gasteiger partial charge in [-0.15, -0.1) is 0 Å². The number of hydrogen-bond donors (Lipinski definition) is 1. The molecule has 98 valence electrons. The van der Waals surface area contributed by atoms with Crippen LogP contribution in [0.3, 0.4) is 0 Å². The highest BCUT2D eigenvalue weighted by atomic mass is 16.5. The van der Waals surface area contributed by atoms with Crippen molar-refractivity contribution in [1.29, 1.82) is 0 Å². The predicted octanol–water partition coefficient (Wildman–Crippen LogP) is 0.614. The molecule has 0 saturated carbocycles. The van der Waals surface area contributed by atoms with Gasteiger partial charge in [0, 0.05) is 0 Å². The molecule has 0 bridgehead atoms. The van der Waals surface area contributed by atoms with Crippen LogP contribution < -0.4 is 4.90 Å². The van der Waals surface area contributed by atoms with E-state index in [1.165, 1.54) is 13.3 Å². The van der Waals surface area contributed by atoms with E-state index in [-0.39, 0.29) is 5.69 Å². The van der Waals surface area contributed by atoms with Crippen molar-refractivity contribution >= 4 is 11.8 Å². The molecule has 0 aliphatic carbocycles. The van der Waals surface area contributed by atoms with Gasteiger partial charge in [-0.2, -0.15) is 0 Å². The van der Waals surface area contributed by atoms with E-state index < -0.39 is 11.6 Å². The summed E-state index contributed by atoms with van der Waals surface area (Å²) in [6, 6.07) is 0. The largest absolute Gasteiger partial charge is 0.464 e. The number of β-amino-alcohol motifs (C(OH)–C–C–N with tert-alkyl or cyclic N) is 1. The smallest absolute Gasteiger partial charge is 0.358 e. The van der Waals surface area contributed by atoms with Crippen LogP contribution in [0.5, 0.6) is 0 Å². The Kier molecular flexibility index (Phi) is 3.47. The van der Waals surface area contributed by atoms with E-state index in [0.717, 1.165) is 12.8 Å². The van der Waals surface area contributed by atoms with Crippen molar-refractivity contribution in [2.75, 3.05) is 25.1 Å². The Morgan fingerprint density at radius 2 is 2.28 bits per heavy atom. The maximum Gasteiger partial charge on any atom is 0.358 e. The zero-order chi connectivity index (χ0) is 13.2. The maximum absolute atomic E-state index is 11.3. The van der Waals surface area contributed by atoms with Gasteiger partial charge in [0.1, 0.15) is 5.82 Å². The molecule has 1 aliphatic rings. The summed E-state index contributed by atoms with van der Waals surface area (Å²) in [5.74, 6) is 0.0902. The van der Waals surface area contributed by atoms with Crippen molar-refractivity contribution in [3.05, 3.63) is 18.1 Å². The van der Waals surface area contributed by atoms with Crippen molar-refractivity contribution in [3.8, 4) is 0 Å². The summed E-state index contributed by atoms with van der Waals surface area (Å²) in [4.78, 5) is 21.4. The van der Waals surface area contributed by atoms with Crippen LogP contribution in [0.1, 0.15) is 30.3 Å². The summed E-state index contributed by atoms with van der Waals surface area (Å²) in [5, 5.41) is 10.1. The summed E-state index contributed by atoms with van der Waals surface area (Å²) in [5.41, 5.74) is -0.446. The second-order valence-electron chi connectivity index (χ2n) is 4.58. The van der Waals surface area contributed by atoms with E-state index in [2.05, 4.69) is 14.7 Å². The lowest BCUT2D eigenvalue weighted by Crippen LogP contribution is -2.62. The molecule has 0 spiro atoms. The summed E-state index contributed by atoms with van der Waals surface area (Å²) < 4.78 is 4.59. The average Bonchev–Trinajstić information content (AvgIpc) is 2.35. The van der Waals surface area contributed by atoms with Crippen molar-refractivity contribution in [2.24, 2.45) is 0 Å². The Labute approximate surface area is 106 Å². The van der Waals surface area contributed by atoms with Gasteiger partial charge in [0.15, 0.2) is 5.69 Å². The van der Waals surface area contributed by atoms with Crippen molar-refractivity contribution in [2.45, 2.75) is 25.4 Å². The molecule has 0 aromatic carbocycles. The molecule has 1 aromatic heterocycles. The second-order valence-corrected chi connectivity index (χ2v) is 4.58. The molecule has 0 atom stereocenters. The molecule has 18 heavy (non-hydrogen) atoms. The monoisotopic (exact) mass is 251 g/mol. The molecular weight excluding hydrogens is 234 g/mol. The standard InChI is InChI=1S/C12H17N3O3/c1-3-4-12(17)7-15(8-12)10-6-13-5-9(14-10)11(16)18-2/h5-6,17H,3-4,7-8H2,1-2H3. The fourth-order valence-corrected chi connectivity index (χ4v) is 2.16. The molecule has 1 saturated heterocycles. The number of nitrogens with zero attached hydrogens (tertiary/aromatic N) is 3.